The van der Waals surface area contributed by atoms with Gasteiger partial charge in [-0.15, -0.1) is 0 Å². The first kappa shape index (κ1) is 9.30. The van der Waals surface area contributed by atoms with Crippen molar-refractivity contribution in [1.82, 2.24) is 9.97 Å². The Bertz CT molecular complexity index is 326. The SMILES string of the molecule is Cc1cnc(OCC2CC2(F)F)cn1. The molecule has 0 saturated heterocycles. The minimum absolute atomic E-state index is 0.0186. The quantitative estimate of drug-likeness (QED) is 0.746. The second kappa shape index (κ2) is 3.15. The van der Waals surface area contributed by atoms with Crippen LogP contribution < -0.4 is 4.74 Å². The van der Waals surface area contributed by atoms with Crippen LogP contribution in [0.15, 0.2) is 12.4 Å². The van der Waals surface area contributed by atoms with E-state index in [1.165, 1.54) is 6.20 Å². The van der Waals surface area contributed by atoms with Crippen LogP contribution in [0.2, 0.25) is 0 Å². The van der Waals surface area contributed by atoms with Crippen LogP contribution in [0.1, 0.15) is 12.1 Å². The molecule has 14 heavy (non-hydrogen) atoms. The van der Waals surface area contributed by atoms with E-state index < -0.39 is 11.8 Å². The van der Waals surface area contributed by atoms with Gasteiger partial charge in [-0.1, -0.05) is 0 Å². The summed E-state index contributed by atoms with van der Waals surface area (Å²) in [5, 5.41) is 0. The summed E-state index contributed by atoms with van der Waals surface area (Å²) in [4.78, 5) is 7.83. The topological polar surface area (TPSA) is 35.0 Å². The maximum Gasteiger partial charge on any atom is 0.255 e. The molecule has 1 fully saturated rings. The summed E-state index contributed by atoms with van der Waals surface area (Å²) >= 11 is 0. The molecule has 3 nitrogen and oxygen atoms in total. The van der Waals surface area contributed by atoms with E-state index in [0.29, 0.717) is 5.88 Å². The summed E-state index contributed by atoms with van der Waals surface area (Å²) in [5.74, 6) is -2.87. The van der Waals surface area contributed by atoms with Crippen molar-refractivity contribution in [2.24, 2.45) is 5.92 Å². The minimum atomic E-state index is -2.53. The number of hydrogen-bond acceptors (Lipinski definition) is 3. The molecule has 2 rings (SSSR count). The number of hydrogen-bond donors (Lipinski definition) is 0. The number of halogens is 2. The largest absolute Gasteiger partial charge is 0.476 e. The average molecular weight is 200 g/mol. The van der Waals surface area contributed by atoms with Gasteiger partial charge in [0.25, 0.3) is 5.92 Å². The summed E-state index contributed by atoms with van der Waals surface area (Å²) in [6.45, 7) is 1.82. The lowest BCUT2D eigenvalue weighted by Gasteiger charge is -2.03. The lowest BCUT2D eigenvalue weighted by molar-refractivity contribution is 0.0849. The van der Waals surface area contributed by atoms with Gasteiger partial charge in [-0.25, -0.2) is 13.8 Å². The minimum Gasteiger partial charge on any atom is -0.476 e. The Morgan fingerprint density at radius 2 is 2.21 bits per heavy atom. The van der Waals surface area contributed by atoms with Gasteiger partial charge in [0.1, 0.15) is 0 Å². The van der Waals surface area contributed by atoms with Crippen molar-refractivity contribution < 1.29 is 13.5 Å². The summed E-state index contributed by atoms with van der Waals surface area (Å²) in [6.07, 6.45) is 2.91. The fourth-order valence-electron chi connectivity index (χ4n) is 1.09. The van der Waals surface area contributed by atoms with E-state index in [9.17, 15) is 8.78 Å². The van der Waals surface area contributed by atoms with E-state index in [4.69, 9.17) is 4.74 Å². The highest BCUT2D eigenvalue weighted by molar-refractivity contribution is 5.07. The maximum absolute atomic E-state index is 12.4. The molecule has 5 heteroatoms. The summed E-state index contributed by atoms with van der Waals surface area (Å²) in [5.41, 5.74) is 0.772. The number of aryl methyl sites for hydroxylation is 1. The smallest absolute Gasteiger partial charge is 0.255 e. The molecule has 1 aliphatic carbocycles. The molecule has 1 atom stereocenters. The standard InChI is InChI=1S/C9H10F2N2O/c1-6-3-13-8(4-12-6)14-5-7-2-9(7,10)11/h3-4,7H,2,5H2,1H3. The number of ether oxygens (including phenoxy) is 1. The van der Waals surface area contributed by atoms with Crippen LogP contribution >= 0.6 is 0 Å². The zero-order valence-electron chi connectivity index (χ0n) is 7.70. The second-order valence-corrected chi connectivity index (χ2v) is 3.47. The Balaban J connectivity index is 1.84. The third-order valence-electron chi connectivity index (χ3n) is 2.15. The van der Waals surface area contributed by atoms with Gasteiger partial charge >= 0.3 is 0 Å². The highest BCUT2D eigenvalue weighted by atomic mass is 19.3. The fourth-order valence-corrected chi connectivity index (χ4v) is 1.09. The van der Waals surface area contributed by atoms with Gasteiger partial charge in [-0.2, -0.15) is 0 Å². The van der Waals surface area contributed by atoms with Gasteiger partial charge < -0.3 is 4.74 Å². The molecule has 0 radical (unpaired) electrons. The predicted molar refractivity (Wildman–Crippen MR) is 45.3 cm³/mol. The van der Waals surface area contributed by atoms with E-state index >= 15 is 0 Å². The molecule has 0 aliphatic heterocycles. The molecule has 1 aromatic rings. The van der Waals surface area contributed by atoms with Gasteiger partial charge in [0.2, 0.25) is 5.88 Å². The Labute approximate surface area is 80.1 Å². The van der Waals surface area contributed by atoms with Gasteiger partial charge in [0.15, 0.2) is 0 Å². The molecule has 1 unspecified atom stereocenters. The summed E-state index contributed by atoms with van der Waals surface area (Å²) in [7, 11) is 0. The second-order valence-electron chi connectivity index (χ2n) is 3.47. The predicted octanol–water partition coefficient (Wildman–Crippen LogP) is 1.82. The van der Waals surface area contributed by atoms with E-state index in [2.05, 4.69) is 9.97 Å². The normalized spacial score (nSPS) is 23.2. The first-order chi connectivity index (χ1) is 6.58. The fraction of sp³-hybridized carbons (Fsp3) is 0.556. The van der Waals surface area contributed by atoms with Crippen molar-refractivity contribution in [3.8, 4) is 5.88 Å². The Morgan fingerprint density at radius 1 is 1.50 bits per heavy atom. The highest BCUT2D eigenvalue weighted by Crippen LogP contribution is 2.48. The number of aromatic nitrogens is 2. The van der Waals surface area contributed by atoms with E-state index in [1.807, 2.05) is 0 Å². The molecule has 1 heterocycles. The first-order valence-corrected chi connectivity index (χ1v) is 4.37. The molecule has 0 amide bonds. The summed E-state index contributed by atoms with van der Waals surface area (Å²) < 4.78 is 30.0. The molecule has 0 bridgehead atoms. The van der Waals surface area contributed by atoms with Crippen molar-refractivity contribution in [3.63, 3.8) is 0 Å². The van der Waals surface area contributed by atoms with Crippen LogP contribution in [0.25, 0.3) is 0 Å². The van der Waals surface area contributed by atoms with E-state index in [1.54, 1.807) is 13.1 Å². The van der Waals surface area contributed by atoms with Crippen molar-refractivity contribution in [2.45, 2.75) is 19.3 Å². The monoisotopic (exact) mass is 200 g/mol. The van der Waals surface area contributed by atoms with Gasteiger partial charge in [-0.05, 0) is 6.92 Å². The van der Waals surface area contributed by atoms with Gasteiger partial charge in [0, 0.05) is 6.42 Å². The third kappa shape index (κ3) is 1.97. The number of alkyl halides is 2. The lowest BCUT2D eigenvalue weighted by Crippen LogP contribution is -2.06. The first-order valence-electron chi connectivity index (χ1n) is 4.37. The molecule has 0 N–H and O–H groups in total. The highest BCUT2D eigenvalue weighted by Gasteiger charge is 2.57. The zero-order valence-corrected chi connectivity index (χ0v) is 7.70. The Morgan fingerprint density at radius 3 is 2.71 bits per heavy atom. The van der Waals surface area contributed by atoms with Crippen LogP contribution in [-0.4, -0.2) is 22.5 Å². The molecular weight excluding hydrogens is 190 g/mol. The molecule has 76 valence electrons. The van der Waals surface area contributed by atoms with Crippen molar-refractivity contribution in [3.05, 3.63) is 18.1 Å². The van der Waals surface area contributed by atoms with Crippen LogP contribution in [0, 0.1) is 12.8 Å². The van der Waals surface area contributed by atoms with E-state index in [0.717, 1.165) is 5.69 Å². The molecule has 1 aliphatic rings. The van der Waals surface area contributed by atoms with Gasteiger partial charge in [0.05, 0.1) is 30.6 Å². The Hall–Kier alpha value is -1.26. The van der Waals surface area contributed by atoms with Crippen molar-refractivity contribution in [2.75, 3.05) is 6.61 Å². The zero-order chi connectivity index (χ0) is 10.2. The van der Waals surface area contributed by atoms with Crippen molar-refractivity contribution in [1.29, 1.82) is 0 Å². The van der Waals surface area contributed by atoms with Crippen LogP contribution in [0.4, 0.5) is 8.78 Å². The van der Waals surface area contributed by atoms with Crippen LogP contribution in [0.3, 0.4) is 0 Å². The molecule has 1 aromatic heterocycles. The van der Waals surface area contributed by atoms with Crippen molar-refractivity contribution >= 4 is 0 Å². The molecule has 1 saturated carbocycles. The summed E-state index contributed by atoms with van der Waals surface area (Å²) in [6, 6.07) is 0. The van der Waals surface area contributed by atoms with E-state index in [-0.39, 0.29) is 13.0 Å². The molecule has 0 aromatic carbocycles. The van der Waals surface area contributed by atoms with Crippen LogP contribution in [0.5, 0.6) is 5.88 Å². The number of rotatable bonds is 3. The molecular formula is C9H10F2N2O. The van der Waals surface area contributed by atoms with Crippen LogP contribution in [-0.2, 0) is 0 Å². The van der Waals surface area contributed by atoms with Gasteiger partial charge in [-0.3, -0.25) is 4.98 Å². The average Bonchev–Trinajstić information content (AvgIpc) is 2.73. The third-order valence-corrected chi connectivity index (χ3v) is 2.15. The number of nitrogens with zero attached hydrogens (tertiary/aromatic N) is 2. The Kier molecular flexibility index (Phi) is 2.09. The maximum atomic E-state index is 12.4. The lowest BCUT2D eigenvalue weighted by atomic mass is 10.4. The molecule has 0 spiro atoms.